The average molecular weight is 975 g/mol. The second-order valence-corrected chi connectivity index (χ2v) is 21.4. The summed E-state index contributed by atoms with van der Waals surface area (Å²) in [6, 6.07) is 82.2. The molecule has 0 aliphatic carbocycles. The predicted octanol–water partition coefficient (Wildman–Crippen LogP) is 20.1. The van der Waals surface area contributed by atoms with Crippen molar-refractivity contribution in [1.29, 1.82) is 0 Å². The Hall–Kier alpha value is -9.38. The minimum absolute atomic E-state index is 1.13. The van der Waals surface area contributed by atoms with Crippen molar-refractivity contribution in [3.8, 4) is 22.3 Å². The Bertz CT molecular complexity index is 4440. The first-order valence-electron chi connectivity index (χ1n) is 26.6. The highest BCUT2D eigenvalue weighted by atomic mass is 15.1. The Morgan fingerprint density at radius 2 is 0.605 bits per heavy atom. The van der Waals surface area contributed by atoms with E-state index in [1.54, 1.807) is 0 Å². The molecule has 4 nitrogen and oxygen atoms in total. The largest absolute Gasteiger partial charge is 0.310 e. The Labute approximate surface area is 442 Å². The topological polar surface area (TPSA) is 15.3 Å². The van der Waals surface area contributed by atoms with Crippen molar-refractivity contribution in [1.82, 2.24) is 8.80 Å². The zero-order valence-corrected chi connectivity index (χ0v) is 43.6. The first kappa shape index (κ1) is 44.1. The molecule has 4 aromatic heterocycles. The molecule has 0 radical (unpaired) electrons. The van der Waals surface area contributed by atoms with E-state index in [4.69, 9.17) is 0 Å². The Kier molecular flexibility index (Phi) is 9.62. The fourth-order valence-electron chi connectivity index (χ4n) is 13.2. The first-order chi connectivity index (χ1) is 37.2. The average Bonchev–Trinajstić information content (AvgIpc) is 4.35. The molecule has 0 N–H and O–H groups in total. The summed E-state index contributed by atoms with van der Waals surface area (Å²) in [5, 5.41) is 10.0. The Morgan fingerprint density at radius 1 is 0.250 bits per heavy atom. The van der Waals surface area contributed by atoms with Gasteiger partial charge >= 0.3 is 0 Å². The maximum Gasteiger partial charge on any atom is 0.0634 e. The standard InChI is InChI=1S/C72H54N4/c1-43-23-27-51(28-24-43)73(55-37-45(3)35-46(4)38-55)53-31-33-63-61(41-53)57-19-13-21-59-67-66(50-17-11-8-12-18-50)72-68(65(49-15-9-7-10-16-49)71(67)75(63)69(57)59)60-22-14-20-58-62-42-54(32-34-64(62)76(72)70(58)60)74(52-29-25-44(2)26-30-52)56-39-47(5)36-48(6)40-56/h7-42H,1-6H3. The molecule has 15 rings (SSSR count). The maximum absolute atomic E-state index is 2.62. The second kappa shape index (κ2) is 16.6. The third-order valence-electron chi connectivity index (χ3n) is 16.1. The highest BCUT2D eigenvalue weighted by Crippen LogP contribution is 2.55. The number of para-hydroxylation sites is 2. The second-order valence-electron chi connectivity index (χ2n) is 21.4. The lowest BCUT2D eigenvalue weighted by molar-refractivity contribution is 1.25. The summed E-state index contributed by atoms with van der Waals surface area (Å²) < 4.78 is 5.23. The van der Waals surface area contributed by atoms with E-state index in [0.29, 0.717) is 0 Å². The van der Waals surface area contributed by atoms with Crippen LogP contribution < -0.4 is 9.80 Å². The van der Waals surface area contributed by atoms with Gasteiger partial charge in [0, 0.05) is 88.3 Å². The van der Waals surface area contributed by atoms with Crippen LogP contribution in [0.25, 0.3) is 98.4 Å². The third-order valence-corrected chi connectivity index (χ3v) is 16.1. The number of benzene rings is 11. The van der Waals surface area contributed by atoms with Gasteiger partial charge in [-0.05, 0) is 160 Å². The Balaban J connectivity index is 1.07. The Morgan fingerprint density at radius 3 is 0.987 bits per heavy atom. The van der Waals surface area contributed by atoms with Gasteiger partial charge in [0.05, 0.1) is 33.1 Å². The van der Waals surface area contributed by atoms with Crippen molar-refractivity contribution in [3.05, 3.63) is 252 Å². The fourth-order valence-corrected chi connectivity index (χ4v) is 13.2. The lowest BCUT2D eigenvalue weighted by Gasteiger charge is -2.26. The van der Waals surface area contributed by atoms with E-state index in [1.165, 1.54) is 132 Å². The summed E-state index contributed by atoms with van der Waals surface area (Å²) in [6.45, 7) is 13.1. The van der Waals surface area contributed by atoms with Crippen LogP contribution in [0.1, 0.15) is 33.4 Å². The molecule has 0 bridgehead atoms. The highest BCUT2D eigenvalue weighted by molar-refractivity contribution is 6.38. The minimum atomic E-state index is 1.13. The van der Waals surface area contributed by atoms with Crippen LogP contribution >= 0.6 is 0 Å². The molecule has 362 valence electrons. The van der Waals surface area contributed by atoms with Crippen molar-refractivity contribution < 1.29 is 0 Å². The summed E-state index contributed by atoms with van der Waals surface area (Å²) in [7, 11) is 0. The summed E-state index contributed by atoms with van der Waals surface area (Å²) in [6.07, 6.45) is 0. The molecular weight excluding hydrogens is 921 g/mol. The monoisotopic (exact) mass is 974 g/mol. The van der Waals surface area contributed by atoms with Crippen molar-refractivity contribution in [2.45, 2.75) is 41.5 Å². The van der Waals surface area contributed by atoms with Crippen LogP contribution in [0.15, 0.2) is 218 Å². The van der Waals surface area contributed by atoms with Crippen molar-refractivity contribution in [2.24, 2.45) is 0 Å². The van der Waals surface area contributed by atoms with Crippen LogP contribution in [0.2, 0.25) is 0 Å². The number of rotatable bonds is 8. The van der Waals surface area contributed by atoms with Crippen molar-refractivity contribution in [2.75, 3.05) is 9.80 Å². The lowest BCUT2D eigenvalue weighted by atomic mass is 9.89. The fraction of sp³-hybridized carbons (Fsp3) is 0.0833. The number of aryl methyl sites for hydroxylation is 6. The van der Waals surface area contributed by atoms with E-state index in [1.807, 2.05) is 0 Å². The summed E-state index contributed by atoms with van der Waals surface area (Å²) in [4.78, 5) is 4.85. The van der Waals surface area contributed by atoms with Gasteiger partial charge in [-0.2, -0.15) is 0 Å². The van der Waals surface area contributed by atoms with E-state index >= 15 is 0 Å². The number of anilines is 6. The zero-order chi connectivity index (χ0) is 51.1. The number of hydrogen-bond acceptors (Lipinski definition) is 2. The van der Waals surface area contributed by atoms with Gasteiger partial charge < -0.3 is 18.6 Å². The van der Waals surface area contributed by atoms with Crippen LogP contribution in [0, 0.1) is 41.5 Å². The van der Waals surface area contributed by atoms with Gasteiger partial charge in [-0.25, -0.2) is 0 Å². The predicted molar refractivity (Wildman–Crippen MR) is 324 cm³/mol. The van der Waals surface area contributed by atoms with Gasteiger partial charge in [0.15, 0.2) is 0 Å². The summed E-state index contributed by atoms with van der Waals surface area (Å²) >= 11 is 0. The number of fused-ring (bicyclic) bond motifs is 12. The van der Waals surface area contributed by atoms with Gasteiger partial charge in [0.25, 0.3) is 0 Å². The molecule has 0 aliphatic heterocycles. The molecule has 0 fully saturated rings. The van der Waals surface area contributed by atoms with Crippen molar-refractivity contribution >= 4 is 110 Å². The zero-order valence-electron chi connectivity index (χ0n) is 43.6. The number of aromatic nitrogens is 2. The van der Waals surface area contributed by atoms with E-state index in [9.17, 15) is 0 Å². The third kappa shape index (κ3) is 6.50. The number of nitrogens with zero attached hydrogens (tertiary/aromatic N) is 4. The van der Waals surface area contributed by atoms with Crippen LogP contribution in [0.3, 0.4) is 0 Å². The molecule has 0 spiro atoms. The highest BCUT2D eigenvalue weighted by Gasteiger charge is 2.31. The quantitative estimate of drug-likeness (QED) is 0.151. The molecular formula is C72H54N4. The van der Waals surface area contributed by atoms with Crippen molar-refractivity contribution in [3.63, 3.8) is 0 Å². The van der Waals surface area contributed by atoms with Gasteiger partial charge in [0.2, 0.25) is 0 Å². The molecule has 76 heavy (non-hydrogen) atoms. The molecule has 15 aromatic rings. The van der Waals surface area contributed by atoms with E-state index in [2.05, 4.69) is 279 Å². The molecule has 0 atom stereocenters. The number of hydrogen-bond donors (Lipinski definition) is 0. The van der Waals surface area contributed by atoms with Crippen LogP contribution in [-0.2, 0) is 0 Å². The van der Waals surface area contributed by atoms with Crippen LogP contribution in [-0.4, -0.2) is 8.80 Å². The molecule has 4 heteroatoms. The van der Waals surface area contributed by atoms with E-state index < -0.39 is 0 Å². The van der Waals surface area contributed by atoms with Gasteiger partial charge in [0.1, 0.15) is 0 Å². The van der Waals surface area contributed by atoms with Crippen LogP contribution in [0.4, 0.5) is 34.1 Å². The van der Waals surface area contributed by atoms with Crippen LogP contribution in [0.5, 0.6) is 0 Å². The molecule has 0 aliphatic rings. The summed E-state index contributed by atoms with van der Waals surface area (Å²) in [5.74, 6) is 0. The molecule has 0 unspecified atom stereocenters. The SMILES string of the molecule is Cc1ccc(N(c2cc(C)cc(C)c2)c2ccc3c(c2)c2cccc4c5c(-c6ccccc6)c6c(c(-c7ccccc7)c5n3c24)c2cccc3c4cc(N(c5ccc(C)cc5)c5cc(C)cc(C)c5)ccc4n6c32)cc1. The first-order valence-corrected chi connectivity index (χ1v) is 26.6. The normalized spacial score (nSPS) is 12.1. The molecule has 4 heterocycles. The smallest absolute Gasteiger partial charge is 0.0634 e. The molecule has 11 aromatic carbocycles. The molecule has 0 saturated carbocycles. The van der Waals surface area contributed by atoms with Gasteiger partial charge in [-0.15, -0.1) is 0 Å². The lowest BCUT2D eigenvalue weighted by Crippen LogP contribution is -2.10. The summed E-state index contributed by atoms with van der Waals surface area (Å²) in [5.41, 5.74) is 26.6. The van der Waals surface area contributed by atoms with E-state index in [0.717, 1.165) is 34.1 Å². The molecule has 0 amide bonds. The van der Waals surface area contributed by atoms with Gasteiger partial charge in [-0.1, -0.05) is 145 Å². The minimum Gasteiger partial charge on any atom is -0.310 e. The van der Waals surface area contributed by atoms with E-state index in [-0.39, 0.29) is 0 Å². The van der Waals surface area contributed by atoms with Gasteiger partial charge in [-0.3, -0.25) is 0 Å². The maximum atomic E-state index is 2.62. The molecule has 0 saturated heterocycles.